The van der Waals surface area contributed by atoms with Gasteiger partial charge in [-0.15, -0.1) is 0 Å². The van der Waals surface area contributed by atoms with Crippen LogP contribution in [0.4, 0.5) is 9.18 Å². The second kappa shape index (κ2) is 8.13. The Balaban J connectivity index is 1.65. The Kier molecular flexibility index (Phi) is 6.19. The van der Waals surface area contributed by atoms with E-state index < -0.39 is 0 Å². The molecule has 0 aromatic heterocycles. The van der Waals surface area contributed by atoms with Crippen molar-refractivity contribution in [3.05, 3.63) is 35.6 Å². The van der Waals surface area contributed by atoms with E-state index in [1.807, 2.05) is 0 Å². The van der Waals surface area contributed by atoms with Gasteiger partial charge in [-0.3, -0.25) is 0 Å². The third-order valence-electron chi connectivity index (χ3n) is 4.06. The molecule has 1 aliphatic rings. The fourth-order valence-electron chi connectivity index (χ4n) is 3.18. The lowest BCUT2D eigenvalue weighted by Crippen LogP contribution is -2.44. The molecule has 1 saturated heterocycles. The van der Waals surface area contributed by atoms with Crippen molar-refractivity contribution in [1.29, 1.82) is 0 Å². The predicted octanol–water partition coefficient (Wildman–Crippen LogP) is 2.60. The molecule has 4 nitrogen and oxygen atoms in total. The second-order valence-corrected chi connectivity index (χ2v) is 6.41. The van der Waals surface area contributed by atoms with Gasteiger partial charge in [-0.1, -0.05) is 32.0 Å². The topological polar surface area (TPSA) is 44.4 Å². The number of rotatable bonds is 5. The lowest BCUT2D eigenvalue weighted by molar-refractivity contribution is 0.142. The number of carbonyl (C=O) groups is 1. The van der Waals surface area contributed by atoms with Gasteiger partial charge in [-0.2, -0.15) is 0 Å². The summed E-state index contributed by atoms with van der Waals surface area (Å²) in [5.41, 5.74) is 0.497. The Morgan fingerprint density at radius 1 is 1.23 bits per heavy atom. The zero-order valence-corrected chi connectivity index (χ0v) is 13.4. The maximum absolute atomic E-state index is 13.4. The Bertz CT molecular complexity index is 485. The first kappa shape index (κ1) is 16.7. The molecule has 0 spiro atoms. The number of hydrogen-bond acceptors (Lipinski definition) is 2. The first-order valence-electron chi connectivity index (χ1n) is 8.02. The summed E-state index contributed by atoms with van der Waals surface area (Å²) in [4.78, 5) is 14.1. The van der Waals surface area contributed by atoms with Crippen LogP contribution < -0.4 is 10.6 Å². The van der Waals surface area contributed by atoms with Gasteiger partial charge >= 0.3 is 6.03 Å². The molecule has 1 fully saturated rings. The van der Waals surface area contributed by atoms with Crippen molar-refractivity contribution in [1.82, 2.24) is 15.5 Å². The van der Waals surface area contributed by atoms with Crippen molar-refractivity contribution in [2.45, 2.75) is 26.8 Å². The van der Waals surface area contributed by atoms with Crippen molar-refractivity contribution >= 4 is 6.03 Å². The Hall–Kier alpha value is -1.62. The minimum absolute atomic E-state index is 0.205. The number of hydrogen-bond donors (Lipinski definition) is 2. The molecule has 0 unspecified atom stereocenters. The normalized spacial score (nSPS) is 22.3. The van der Waals surface area contributed by atoms with Crippen molar-refractivity contribution < 1.29 is 9.18 Å². The van der Waals surface area contributed by atoms with Gasteiger partial charge in [0, 0.05) is 38.3 Å². The van der Waals surface area contributed by atoms with E-state index in [1.54, 1.807) is 18.2 Å². The molecular weight excluding hydrogens is 281 g/mol. The smallest absolute Gasteiger partial charge is 0.315 e. The predicted molar refractivity (Wildman–Crippen MR) is 86.0 cm³/mol. The van der Waals surface area contributed by atoms with E-state index >= 15 is 0 Å². The third-order valence-corrected chi connectivity index (χ3v) is 4.06. The molecular formula is C17H26FN3O. The molecule has 2 N–H and O–H groups in total. The fourth-order valence-corrected chi connectivity index (χ4v) is 3.18. The van der Waals surface area contributed by atoms with Gasteiger partial charge in [0.15, 0.2) is 0 Å². The van der Waals surface area contributed by atoms with Crippen LogP contribution >= 0.6 is 0 Å². The number of piperidine rings is 1. The third kappa shape index (κ3) is 5.30. The Morgan fingerprint density at radius 2 is 1.91 bits per heavy atom. The zero-order valence-electron chi connectivity index (χ0n) is 13.4. The monoisotopic (exact) mass is 307 g/mol. The average molecular weight is 307 g/mol. The van der Waals surface area contributed by atoms with E-state index in [-0.39, 0.29) is 18.4 Å². The molecule has 1 aromatic carbocycles. The summed E-state index contributed by atoms with van der Waals surface area (Å²) < 4.78 is 13.4. The molecule has 0 aliphatic carbocycles. The lowest BCUT2D eigenvalue weighted by atomic mass is 9.92. The highest BCUT2D eigenvalue weighted by atomic mass is 19.1. The van der Waals surface area contributed by atoms with Crippen LogP contribution in [0.15, 0.2) is 24.3 Å². The maximum Gasteiger partial charge on any atom is 0.315 e. The fraction of sp³-hybridized carbons (Fsp3) is 0.588. The SMILES string of the molecule is C[C@H]1C[C@H](C)CN(CCNC(=O)NCc2ccccc2F)C1. The number of halogens is 1. The summed E-state index contributed by atoms with van der Waals surface area (Å²) in [5, 5.41) is 5.52. The summed E-state index contributed by atoms with van der Waals surface area (Å²) in [6, 6.07) is 6.22. The van der Waals surface area contributed by atoms with Gasteiger partial charge in [-0.25, -0.2) is 9.18 Å². The first-order valence-corrected chi connectivity index (χ1v) is 8.02. The molecule has 1 aliphatic heterocycles. The van der Waals surface area contributed by atoms with Crippen molar-refractivity contribution in [3.63, 3.8) is 0 Å². The Morgan fingerprint density at radius 3 is 2.59 bits per heavy atom. The van der Waals surface area contributed by atoms with Gasteiger partial charge in [-0.05, 0) is 24.3 Å². The van der Waals surface area contributed by atoms with Crippen LogP contribution in [0.5, 0.6) is 0 Å². The highest BCUT2D eigenvalue weighted by Gasteiger charge is 2.21. The van der Waals surface area contributed by atoms with E-state index in [2.05, 4.69) is 29.4 Å². The van der Waals surface area contributed by atoms with Crippen LogP contribution in [0.25, 0.3) is 0 Å². The molecule has 2 atom stereocenters. The van der Waals surface area contributed by atoms with Crippen LogP contribution in [0, 0.1) is 17.7 Å². The van der Waals surface area contributed by atoms with Gasteiger partial charge in [0.2, 0.25) is 0 Å². The summed E-state index contributed by atoms with van der Waals surface area (Å²) in [5.74, 6) is 1.15. The summed E-state index contributed by atoms with van der Waals surface area (Å²) in [6.45, 7) is 8.43. The molecule has 0 saturated carbocycles. The lowest BCUT2D eigenvalue weighted by Gasteiger charge is -2.34. The van der Waals surface area contributed by atoms with Crippen molar-refractivity contribution in [2.24, 2.45) is 11.8 Å². The summed E-state index contributed by atoms with van der Waals surface area (Å²) >= 11 is 0. The number of carbonyl (C=O) groups excluding carboxylic acids is 1. The second-order valence-electron chi connectivity index (χ2n) is 6.41. The van der Waals surface area contributed by atoms with Gasteiger partial charge in [0.1, 0.15) is 5.82 Å². The Labute approximate surface area is 132 Å². The number of nitrogens with one attached hydrogen (secondary N) is 2. The highest BCUT2D eigenvalue weighted by molar-refractivity contribution is 5.73. The molecule has 22 heavy (non-hydrogen) atoms. The molecule has 5 heteroatoms. The van der Waals surface area contributed by atoms with Crippen LogP contribution in [-0.2, 0) is 6.54 Å². The minimum atomic E-state index is -0.293. The molecule has 2 rings (SSSR count). The van der Waals surface area contributed by atoms with E-state index in [9.17, 15) is 9.18 Å². The number of likely N-dealkylation sites (tertiary alicyclic amines) is 1. The van der Waals surface area contributed by atoms with Crippen LogP contribution in [-0.4, -0.2) is 37.1 Å². The molecule has 0 radical (unpaired) electrons. The van der Waals surface area contributed by atoms with Crippen molar-refractivity contribution in [2.75, 3.05) is 26.2 Å². The standard InChI is InChI=1S/C17H26FN3O/c1-13-9-14(2)12-21(11-13)8-7-19-17(22)20-10-15-5-3-4-6-16(15)18/h3-6,13-14H,7-12H2,1-2H3,(H2,19,20,22)/t13-,14-/m0/s1. The number of urea groups is 1. The summed E-state index contributed by atoms with van der Waals surface area (Å²) in [7, 11) is 0. The van der Waals surface area contributed by atoms with Gasteiger partial charge in [0.05, 0.1) is 0 Å². The van der Waals surface area contributed by atoms with Gasteiger partial charge in [0.25, 0.3) is 0 Å². The maximum atomic E-state index is 13.4. The van der Waals surface area contributed by atoms with Crippen LogP contribution in [0.2, 0.25) is 0 Å². The molecule has 0 bridgehead atoms. The number of nitrogens with zero attached hydrogens (tertiary/aromatic N) is 1. The molecule has 1 aromatic rings. The van der Waals surface area contributed by atoms with E-state index in [1.165, 1.54) is 12.5 Å². The van der Waals surface area contributed by atoms with E-state index in [0.29, 0.717) is 12.1 Å². The number of benzene rings is 1. The van der Waals surface area contributed by atoms with E-state index in [4.69, 9.17) is 0 Å². The summed E-state index contributed by atoms with van der Waals surface area (Å²) in [6.07, 6.45) is 1.28. The minimum Gasteiger partial charge on any atom is -0.337 e. The van der Waals surface area contributed by atoms with E-state index in [0.717, 1.165) is 31.5 Å². The molecule has 122 valence electrons. The van der Waals surface area contributed by atoms with Crippen molar-refractivity contribution in [3.8, 4) is 0 Å². The van der Waals surface area contributed by atoms with Gasteiger partial charge < -0.3 is 15.5 Å². The molecule has 2 amide bonds. The molecule has 1 heterocycles. The highest BCUT2D eigenvalue weighted by Crippen LogP contribution is 2.20. The number of amides is 2. The van der Waals surface area contributed by atoms with Crippen LogP contribution in [0.3, 0.4) is 0 Å². The average Bonchev–Trinajstić information content (AvgIpc) is 2.45. The zero-order chi connectivity index (χ0) is 15.9. The first-order chi connectivity index (χ1) is 10.5. The quantitative estimate of drug-likeness (QED) is 0.878. The van der Waals surface area contributed by atoms with Crippen LogP contribution in [0.1, 0.15) is 25.8 Å². The largest absolute Gasteiger partial charge is 0.337 e.